The van der Waals surface area contributed by atoms with Crippen LogP contribution in [0.4, 0.5) is 0 Å². The van der Waals surface area contributed by atoms with Crippen molar-refractivity contribution in [3.63, 3.8) is 0 Å². The Morgan fingerprint density at radius 1 is 1.17 bits per heavy atom. The number of rotatable bonds is 8. The summed E-state index contributed by atoms with van der Waals surface area (Å²) in [5.41, 5.74) is 1.10. The standard InChI is InChI=1S/C22H32N4OS.HI/c1-3-23-22(25-16-19-7-4-5-9-21(19)27-2)24-15-18-10-12-26(13-11-18)17-20-8-6-14-28-20;/h4-9,14,18H,3,10-13,15-17H2,1-2H3,(H2,23,24,25);1H. The average molecular weight is 529 g/mol. The zero-order valence-electron chi connectivity index (χ0n) is 17.4. The molecule has 0 atom stereocenters. The molecule has 1 fully saturated rings. The van der Waals surface area contributed by atoms with E-state index >= 15 is 0 Å². The van der Waals surface area contributed by atoms with Crippen molar-refractivity contribution < 1.29 is 4.74 Å². The number of ether oxygens (including phenoxy) is 1. The second-order valence-electron chi connectivity index (χ2n) is 7.19. The van der Waals surface area contributed by atoms with Crippen LogP contribution in [0.5, 0.6) is 5.75 Å². The fraction of sp³-hybridized carbons (Fsp3) is 0.500. The highest BCUT2D eigenvalue weighted by atomic mass is 127. The molecule has 1 aliphatic heterocycles. The van der Waals surface area contributed by atoms with Crippen molar-refractivity contribution in [2.24, 2.45) is 10.9 Å². The van der Waals surface area contributed by atoms with Crippen molar-refractivity contribution in [3.05, 3.63) is 52.2 Å². The number of hydrogen-bond acceptors (Lipinski definition) is 4. The fourth-order valence-electron chi connectivity index (χ4n) is 3.55. The van der Waals surface area contributed by atoms with E-state index in [1.165, 1.54) is 30.8 Å². The lowest BCUT2D eigenvalue weighted by molar-refractivity contribution is 0.179. The molecule has 1 saturated heterocycles. The molecule has 0 radical (unpaired) electrons. The maximum Gasteiger partial charge on any atom is 0.191 e. The molecule has 1 aliphatic rings. The number of para-hydroxylation sites is 1. The van der Waals surface area contributed by atoms with Gasteiger partial charge in [-0.25, -0.2) is 4.99 Å². The summed E-state index contributed by atoms with van der Waals surface area (Å²) in [6.07, 6.45) is 2.48. The first-order valence-electron chi connectivity index (χ1n) is 10.2. The van der Waals surface area contributed by atoms with Crippen LogP contribution in [0.1, 0.15) is 30.2 Å². The monoisotopic (exact) mass is 528 g/mol. The summed E-state index contributed by atoms with van der Waals surface area (Å²) < 4.78 is 5.43. The molecule has 7 heteroatoms. The molecule has 2 heterocycles. The third kappa shape index (κ3) is 7.79. The highest BCUT2D eigenvalue weighted by molar-refractivity contribution is 14.0. The molecule has 3 rings (SSSR count). The largest absolute Gasteiger partial charge is 0.496 e. The van der Waals surface area contributed by atoms with Crippen LogP contribution >= 0.6 is 35.3 Å². The second kappa shape index (κ2) is 13.1. The van der Waals surface area contributed by atoms with E-state index in [0.29, 0.717) is 12.5 Å². The van der Waals surface area contributed by atoms with Crippen LogP contribution in [0.3, 0.4) is 0 Å². The predicted octanol–water partition coefficient (Wildman–Crippen LogP) is 4.34. The summed E-state index contributed by atoms with van der Waals surface area (Å²) in [6, 6.07) is 12.4. The molecule has 5 nitrogen and oxygen atoms in total. The number of hydrogen-bond donors (Lipinski definition) is 2. The number of piperidine rings is 1. The second-order valence-corrected chi connectivity index (χ2v) is 8.22. The third-order valence-corrected chi connectivity index (χ3v) is 6.03. The van der Waals surface area contributed by atoms with E-state index < -0.39 is 0 Å². The van der Waals surface area contributed by atoms with Crippen LogP contribution in [-0.2, 0) is 13.1 Å². The Labute approximate surface area is 196 Å². The Morgan fingerprint density at radius 2 is 1.97 bits per heavy atom. The molecule has 0 bridgehead atoms. The number of benzene rings is 1. The normalized spacial score (nSPS) is 15.6. The minimum absolute atomic E-state index is 0. The van der Waals surface area contributed by atoms with Crippen molar-refractivity contribution in [1.82, 2.24) is 15.5 Å². The van der Waals surface area contributed by atoms with Crippen molar-refractivity contribution in [2.45, 2.75) is 32.9 Å². The summed E-state index contributed by atoms with van der Waals surface area (Å²) in [6.45, 7) is 8.00. The minimum Gasteiger partial charge on any atom is -0.496 e. The van der Waals surface area contributed by atoms with E-state index in [9.17, 15) is 0 Å². The third-order valence-electron chi connectivity index (χ3n) is 5.17. The number of thiophene rings is 1. The first kappa shape index (κ1) is 24.0. The maximum atomic E-state index is 5.43. The first-order valence-corrected chi connectivity index (χ1v) is 11.0. The smallest absolute Gasteiger partial charge is 0.191 e. The lowest BCUT2D eigenvalue weighted by Crippen LogP contribution is -2.42. The Hall–Kier alpha value is -1.32. The van der Waals surface area contributed by atoms with Crippen molar-refractivity contribution in [3.8, 4) is 5.75 Å². The number of nitrogens with one attached hydrogen (secondary N) is 2. The first-order chi connectivity index (χ1) is 13.8. The van der Waals surface area contributed by atoms with Crippen LogP contribution in [0.25, 0.3) is 0 Å². The van der Waals surface area contributed by atoms with Gasteiger partial charge in [0.2, 0.25) is 0 Å². The molecule has 29 heavy (non-hydrogen) atoms. The van der Waals surface area contributed by atoms with Crippen molar-refractivity contribution in [1.29, 1.82) is 0 Å². The summed E-state index contributed by atoms with van der Waals surface area (Å²) in [5, 5.41) is 9.06. The lowest BCUT2D eigenvalue weighted by atomic mass is 9.97. The fourth-order valence-corrected chi connectivity index (χ4v) is 4.30. The molecule has 0 spiro atoms. The topological polar surface area (TPSA) is 48.9 Å². The Bertz CT molecular complexity index is 730. The molecule has 1 aromatic carbocycles. The molecular formula is C22H33IN4OS. The van der Waals surface area contributed by atoms with E-state index in [1.54, 1.807) is 7.11 Å². The number of guanidine groups is 1. The van der Waals surface area contributed by atoms with Crippen LogP contribution in [0.2, 0.25) is 0 Å². The number of halogens is 1. The summed E-state index contributed by atoms with van der Waals surface area (Å²) in [4.78, 5) is 8.79. The van der Waals surface area contributed by atoms with Gasteiger partial charge in [-0.05, 0) is 56.3 Å². The molecular weight excluding hydrogens is 495 g/mol. The van der Waals surface area contributed by atoms with E-state index in [-0.39, 0.29) is 24.0 Å². The molecule has 0 aliphatic carbocycles. The minimum atomic E-state index is 0. The lowest BCUT2D eigenvalue weighted by Gasteiger charge is -2.32. The summed E-state index contributed by atoms with van der Waals surface area (Å²) >= 11 is 1.86. The van der Waals surface area contributed by atoms with Gasteiger partial charge in [-0.1, -0.05) is 24.3 Å². The van der Waals surface area contributed by atoms with Gasteiger partial charge in [-0.3, -0.25) is 4.90 Å². The SMILES string of the molecule is CCNC(=NCc1ccccc1OC)NCC1CCN(Cc2cccs2)CC1.I. The van der Waals surface area contributed by atoms with E-state index in [1.807, 2.05) is 29.5 Å². The van der Waals surface area contributed by atoms with Crippen molar-refractivity contribution in [2.75, 3.05) is 33.3 Å². The van der Waals surface area contributed by atoms with E-state index in [4.69, 9.17) is 9.73 Å². The quantitative estimate of drug-likeness (QED) is 0.304. The van der Waals surface area contributed by atoms with Crippen molar-refractivity contribution >= 4 is 41.3 Å². The van der Waals surface area contributed by atoms with E-state index in [0.717, 1.165) is 36.9 Å². The molecule has 1 aromatic heterocycles. The molecule has 2 N–H and O–H groups in total. The van der Waals surface area contributed by atoms with Gasteiger partial charge in [0.15, 0.2) is 5.96 Å². The van der Waals surface area contributed by atoms with E-state index in [2.05, 4.69) is 46.0 Å². The van der Waals surface area contributed by atoms with Gasteiger partial charge in [0.05, 0.1) is 13.7 Å². The van der Waals surface area contributed by atoms with Gasteiger partial charge < -0.3 is 15.4 Å². The molecule has 0 saturated carbocycles. The van der Waals surface area contributed by atoms with Gasteiger partial charge >= 0.3 is 0 Å². The number of aliphatic imine (C=N–C) groups is 1. The maximum absolute atomic E-state index is 5.43. The highest BCUT2D eigenvalue weighted by Crippen LogP contribution is 2.20. The Kier molecular flexibility index (Phi) is 10.8. The molecule has 160 valence electrons. The number of likely N-dealkylation sites (tertiary alicyclic amines) is 1. The predicted molar refractivity (Wildman–Crippen MR) is 134 cm³/mol. The average Bonchev–Trinajstić information content (AvgIpc) is 3.24. The molecule has 2 aromatic rings. The Balaban J connectivity index is 0.00000300. The number of nitrogens with zero attached hydrogens (tertiary/aromatic N) is 2. The summed E-state index contributed by atoms with van der Waals surface area (Å²) in [7, 11) is 1.71. The van der Waals surface area contributed by atoms with Gasteiger partial charge in [0.25, 0.3) is 0 Å². The van der Waals surface area contributed by atoms with Gasteiger partial charge in [-0.15, -0.1) is 35.3 Å². The van der Waals surface area contributed by atoms with Crippen LogP contribution in [0.15, 0.2) is 46.8 Å². The van der Waals surface area contributed by atoms with Gasteiger partial charge in [0, 0.05) is 30.1 Å². The molecule has 0 unspecified atom stereocenters. The van der Waals surface area contributed by atoms with Crippen LogP contribution in [-0.4, -0.2) is 44.1 Å². The number of methoxy groups -OCH3 is 1. The van der Waals surface area contributed by atoms with Crippen LogP contribution in [0, 0.1) is 5.92 Å². The van der Waals surface area contributed by atoms with Crippen LogP contribution < -0.4 is 15.4 Å². The summed E-state index contributed by atoms with van der Waals surface area (Å²) in [5.74, 6) is 2.48. The van der Waals surface area contributed by atoms with Gasteiger partial charge in [0.1, 0.15) is 5.75 Å². The van der Waals surface area contributed by atoms with Gasteiger partial charge in [-0.2, -0.15) is 0 Å². The zero-order valence-corrected chi connectivity index (χ0v) is 20.5. The zero-order chi connectivity index (χ0) is 19.6. The Morgan fingerprint density at radius 3 is 2.66 bits per heavy atom. The highest BCUT2D eigenvalue weighted by Gasteiger charge is 2.19. The molecule has 0 amide bonds.